The van der Waals surface area contributed by atoms with Gasteiger partial charge in [-0.3, -0.25) is 4.79 Å². The highest BCUT2D eigenvalue weighted by Gasteiger charge is 2.23. The van der Waals surface area contributed by atoms with Crippen molar-refractivity contribution in [2.45, 2.75) is 19.4 Å². The van der Waals surface area contributed by atoms with E-state index in [0.717, 1.165) is 52.5 Å². The number of aryl methyl sites for hydroxylation is 1. The van der Waals surface area contributed by atoms with E-state index in [2.05, 4.69) is 4.98 Å². The first-order chi connectivity index (χ1) is 14.3. The molecule has 0 unspecified atom stereocenters. The highest BCUT2D eigenvalue weighted by molar-refractivity contribution is 6.13. The van der Waals surface area contributed by atoms with Gasteiger partial charge in [-0.15, -0.1) is 0 Å². The summed E-state index contributed by atoms with van der Waals surface area (Å²) in [7, 11) is 0. The molecular formula is C23H20N2O4. The van der Waals surface area contributed by atoms with Gasteiger partial charge in [0, 0.05) is 23.5 Å². The molecule has 5 rings (SSSR count). The number of carbonyl (C=O) groups is 1. The van der Waals surface area contributed by atoms with Crippen LogP contribution in [0.15, 0.2) is 60.7 Å². The molecule has 0 saturated heterocycles. The molecule has 2 aliphatic rings. The summed E-state index contributed by atoms with van der Waals surface area (Å²) in [5.41, 5.74) is 3.55. The number of benzene rings is 2. The van der Waals surface area contributed by atoms with E-state index in [0.29, 0.717) is 13.0 Å². The minimum atomic E-state index is 0.0777. The molecule has 0 N–H and O–H groups in total. The number of Topliss-reactive ketones (excluding diaryl/α,β-unsaturated/α-hetero) is 1. The summed E-state index contributed by atoms with van der Waals surface area (Å²) in [4.78, 5) is 17.0. The second-order valence-corrected chi connectivity index (χ2v) is 7.08. The molecule has 0 fully saturated rings. The minimum Gasteiger partial charge on any atom is -0.492 e. The number of imidazole rings is 1. The van der Waals surface area contributed by atoms with Crippen LogP contribution in [0.4, 0.5) is 0 Å². The van der Waals surface area contributed by atoms with Crippen molar-refractivity contribution < 1.29 is 19.0 Å². The van der Waals surface area contributed by atoms with Crippen LogP contribution in [0.1, 0.15) is 27.9 Å². The summed E-state index contributed by atoms with van der Waals surface area (Å²) < 4.78 is 18.6. The van der Waals surface area contributed by atoms with Crippen LogP contribution in [0.2, 0.25) is 0 Å². The van der Waals surface area contributed by atoms with E-state index in [9.17, 15) is 4.79 Å². The summed E-state index contributed by atoms with van der Waals surface area (Å²) in [5, 5.41) is 0. The van der Waals surface area contributed by atoms with E-state index in [4.69, 9.17) is 14.2 Å². The average molecular weight is 388 g/mol. The van der Waals surface area contributed by atoms with Gasteiger partial charge in [0.05, 0.1) is 12.9 Å². The van der Waals surface area contributed by atoms with Gasteiger partial charge in [0.15, 0.2) is 17.3 Å². The van der Waals surface area contributed by atoms with Gasteiger partial charge in [0.1, 0.15) is 12.4 Å². The van der Waals surface area contributed by atoms with Crippen LogP contribution in [-0.2, 0) is 13.0 Å². The van der Waals surface area contributed by atoms with E-state index < -0.39 is 0 Å². The van der Waals surface area contributed by atoms with E-state index in [-0.39, 0.29) is 12.6 Å². The summed E-state index contributed by atoms with van der Waals surface area (Å²) >= 11 is 0. The molecule has 146 valence electrons. The SMILES string of the molecule is O=C1/C(=C/c2ccc3c(c2)OCO3)CCc2cc(OCCn3ccnc3)ccc21. The number of aromatic nitrogens is 2. The van der Waals surface area contributed by atoms with E-state index >= 15 is 0 Å². The Kier molecular flexibility index (Phi) is 4.52. The quantitative estimate of drug-likeness (QED) is 0.621. The fourth-order valence-electron chi connectivity index (χ4n) is 3.67. The van der Waals surface area contributed by atoms with Crippen LogP contribution in [0.5, 0.6) is 17.2 Å². The molecule has 0 atom stereocenters. The zero-order chi connectivity index (χ0) is 19.6. The molecule has 6 nitrogen and oxygen atoms in total. The summed E-state index contributed by atoms with van der Waals surface area (Å²) in [6.45, 7) is 1.53. The summed E-state index contributed by atoms with van der Waals surface area (Å²) in [6.07, 6.45) is 8.89. The van der Waals surface area contributed by atoms with E-state index in [1.165, 1.54) is 0 Å². The summed E-state index contributed by atoms with van der Waals surface area (Å²) in [5.74, 6) is 2.34. The molecule has 1 aliphatic carbocycles. The van der Waals surface area contributed by atoms with Crippen LogP contribution < -0.4 is 14.2 Å². The van der Waals surface area contributed by atoms with Gasteiger partial charge in [0.2, 0.25) is 6.79 Å². The van der Waals surface area contributed by atoms with Crippen molar-refractivity contribution in [2.75, 3.05) is 13.4 Å². The minimum absolute atomic E-state index is 0.0777. The lowest BCUT2D eigenvalue weighted by atomic mass is 9.86. The maximum Gasteiger partial charge on any atom is 0.231 e. The first-order valence-electron chi connectivity index (χ1n) is 9.63. The average Bonchev–Trinajstić information content (AvgIpc) is 3.42. The number of ketones is 1. The van der Waals surface area contributed by atoms with Crippen molar-refractivity contribution in [3.63, 3.8) is 0 Å². The van der Waals surface area contributed by atoms with Crippen LogP contribution >= 0.6 is 0 Å². The van der Waals surface area contributed by atoms with E-state index in [1.54, 1.807) is 12.5 Å². The fourth-order valence-corrected chi connectivity index (χ4v) is 3.67. The number of nitrogens with zero attached hydrogens (tertiary/aromatic N) is 2. The Hall–Kier alpha value is -3.54. The van der Waals surface area contributed by atoms with Gasteiger partial charge in [-0.05, 0) is 60.4 Å². The Morgan fingerprint density at radius 2 is 2.03 bits per heavy atom. The number of hydrogen-bond acceptors (Lipinski definition) is 5. The van der Waals surface area contributed by atoms with Gasteiger partial charge in [-0.2, -0.15) is 0 Å². The van der Waals surface area contributed by atoms with Crippen LogP contribution in [0.25, 0.3) is 6.08 Å². The monoisotopic (exact) mass is 388 g/mol. The maximum absolute atomic E-state index is 13.0. The zero-order valence-electron chi connectivity index (χ0n) is 15.8. The molecule has 1 aromatic heterocycles. The molecule has 6 heteroatoms. The van der Waals surface area contributed by atoms with Crippen molar-refractivity contribution in [3.05, 3.63) is 77.4 Å². The smallest absolute Gasteiger partial charge is 0.231 e. The van der Waals surface area contributed by atoms with Gasteiger partial charge >= 0.3 is 0 Å². The predicted octanol–water partition coefficient (Wildman–Crippen LogP) is 3.90. The predicted molar refractivity (Wildman–Crippen MR) is 107 cm³/mol. The Labute approximate surface area is 168 Å². The number of rotatable bonds is 5. The normalized spacial score (nSPS) is 16.1. The van der Waals surface area contributed by atoms with Crippen molar-refractivity contribution in [1.29, 1.82) is 0 Å². The third-order valence-electron chi connectivity index (χ3n) is 5.19. The highest BCUT2D eigenvalue weighted by Crippen LogP contribution is 2.34. The second-order valence-electron chi connectivity index (χ2n) is 7.08. The Morgan fingerprint density at radius 1 is 1.10 bits per heavy atom. The molecule has 2 heterocycles. The fraction of sp³-hybridized carbons (Fsp3) is 0.217. The lowest BCUT2D eigenvalue weighted by Crippen LogP contribution is -2.14. The van der Waals surface area contributed by atoms with Gasteiger partial charge in [-0.1, -0.05) is 6.07 Å². The number of carbonyl (C=O) groups excluding carboxylic acids is 1. The van der Waals surface area contributed by atoms with Crippen LogP contribution in [0, 0.1) is 0 Å². The standard InChI is InChI=1S/C23H20N2O4/c26-23-18(11-16-1-6-21-22(12-16)29-15-28-21)3-2-17-13-19(4-5-20(17)23)27-10-9-25-8-7-24-14-25/h1,4-8,11-14H,2-3,9-10,15H2/b18-11+. The van der Waals surface area contributed by atoms with Crippen molar-refractivity contribution in [1.82, 2.24) is 9.55 Å². The maximum atomic E-state index is 13.0. The van der Waals surface area contributed by atoms with Gasteiger partial charge in [-0.25, -0.2) is 4.98 Å². The number of fused-ring (bicyclic) bond motifs is 2. The second kappa shape index (κ2) is 7.47. The first kappa shape index (κ1) is 17.6. The number of hydrogen-bond donors (Lipinski definition) is 0. The molecule has 1 aliphatic heterocycles. The highest BCUT2D eigenvalue weighted by atomic mass is 16.7. The number of allylic oxidation sites excluding steroid dienone is 1. The van der Waals surface area contributed by atoms with Crippen molar-refractivity contribution in [3.8, 4) is 17.2 Å². The largest absolute Gasteiger partial charge is 0.492 e. The third-order valence-corrected chi connectivity index (χ3v) is 5.19. The molecule has 0 bridgehead atoms. The molecule has 0 saturated carbocycles. The number of ether oxygens (including phenoxy) is 3. The lowest BCUT2D eigenvalue weighted by Gasteiger charge is -2.19. The Balaban J connectivity index is 1.30. The summed E-state index contributed by atoms with van der Waals surface area (Å²) in [6, 6.07) is 11.5. The molecule has 0 amide bonds. The van der Waals surface area contributed by atoms with Crippen molar-refractivity contribution in [2.24, 2.45) is 0 Å². The van der Waals surface area contributed by atoms with Crippen molar-refractivity contribution >= 4 is 11.9 Å². The molecule has 29 heavy (non-hydrogen) atoms. The molecule has 3 aromatic rings. The topological polar surface area (TPSA) is 62.6 Å². The zero-order valence-corrected chi connectivity index (χ0v) is 15.8. The first-order valence-corrected chi connectivity index (χ1v) is 9.63. The molecule has 2 aromatic carbocycles. The van der Waals surface area contributed by atoms with Crippen LogP contribution in [0.3, 0.4) is 0 Å². The Morgan fingerprint density at radius 3 is 2.93 bits per heavy atom. The van der Waals surface area contributed by atoms with E-state index in [1.807, 2.05) is 53.2 Å². The third kappa shape index (κ3) is 3.61. The molecular weight excluding hydrogens is 368 g/mol. The molecule has 0 spiro atoms. The van der Waals surface area contributed by atoms with Gasteiger partial charge < -0.3 is 18.8 Å². The molecule has 0 radical (unpaired) electrons. The Bertz CT molecular complexity index is 1090. The van der Waals surface area contributed by atoms with Crippen LogP contribution in [-0.4, -0.2) is 28.7 Å². The lowest BCUT2D eigenvalue weighted by molar-refractivity contribution is 0.102. The van der Waals surface area contributed by atoms with Gasteiger partial charge in [0.25, 0.3) is 0 Å².